The summed E-state index contributed by atoms with van der Waals surface area (Å²) < 4.78 is 38.0. The van der Waals surface area contributed by atoms with Crippen LogP contribution in [0.1, 0.15) is 18.4 Å². The monoisotopic (exact) mass is 316 g/mol. The Kier molecular flexibility index (Phi) is 6.76. The van der Waals surface area contributed by atoms with Crippen molar-refractivity contribution in [2.45, 2.75) is 18.6 Å². The van der Waals surface area contributed by atoms with Gasteiger partial charge < -0.3 is 9.47 Å². The number of hydrogen-bond donors (Lipinski definition) is 1. The zero-order valence-electron chi connectivity index (χ0n) is 13.0. The third-order valence-corrected chi connectivity index (χ3v) is 4.85. The Morgan fingerprint density at radius 2 is 1.71 bits per heavy atom. The Morgan fingerprint density at radius 3 is 2.19 bits per heavy atom. The Balaban J connectivity index is 2.65. The first kappa shape index (κ1) is 18.1. The van der Waals surface area contributed by atoms with Gasteiger partial charge in [-0.3, -0.25) is 0 Å². The molecule has 0 aliphatic carbocycles. The smallest absolute Gasteiger partial charge is 0.278 e. The summed E-state index contributed by atoms with van der Waals surface area (Å²) in [5, 5.41) is 0. The maximum atomic E-state index is 11.6. The predicted molar refractivity (Wildman–Crippen MR) is 82.0 cm³/mol. The van der Waals surface area contributed by atoms with Gasteiger partial charge in [0.25, 0.3) is 10.2 Å². The van der Waals surface area contributed by atoms with Crippen LogP contribution in [-0.4, -0.2) is 47.6 Å². The molecule has 0 amide bonds. The van der Waals surface area contributed by atoms with E-state index in [2.05, 4.69) is 4.72 Å². The summed E-state index contributed by atoms with van der Waals surface area (Å²) in [5.41, 5.74) is 0.908. The van der Waals surface area contributed by atoms with Crippen molar-refractivity contribution in [2.24, 2.45) is 0 Å². The highest BCUT2D eigenvalue weighted by Crippen LogP contribution is 2.30. The SMILES string of the molecule is COC(CCCNS(=O)(=O)N(C)C)(OC)c1ccccc1. The van der Waals surface area contributed by atoms with Crippen LogP contribution in [-0.2, 0) is 25.5 Å². The second-order valence-electron chi connectivity index (χ2n) is 4.81. The van der Waals surface area contributed by atoms with Crippen molar-refractivity contribution in [3.63, 3.8) is 0 Å². The van der Waals surface area contributed by atoms with Gasteiger partial charge in [-0.05, 0) is 6.42 Å². The first-order valence-corrected chi connectivity index (χ1v) is 8.15. The molecular weight excluding hydrogens is 292 g/mol. The van der Waals surface area contributed by atoms with Gasteiger partial charge in [0, 0.05) is 46.8 Å². The molecule has 1 rings (SSSR count). The molecule has 0 atom stereocenters. The summed E-state index contributed by atoms with van der Waals surface area (Å²) in [7, 11) is 2.75. The molecule has 0 fully saturated rings. The number of hydrogen-bond acceptors (Lipinski definition) is 4. The van der Waals surface area contributed by atoms with Gasteiger partial charge in [-0.1, -0.05) is 30.3 Å². The van der Waals surface area contributed by atoms with Crippen LogP contribution in [0, 0.1) is 0 Å². The van der Waals surface area contributed by atoms with Gasteiger partial charge in [-0.15, -0.1) is 0 Å². The first-order valence-electron chi connectivity index (χ1n) is 6.71. The minimum atomic E-state index is -3.39. The maximum absolute atomic E-state index is 11.6. The molecule has 1 N–H and O–H groups in total. The van der Waals surface area contributed by atoms with E-state index in [0.717, 1.165) is 9.87 Å². The molecule has 1 aromatic rings. The van der Waals surface area contributed by atoms with Gasteiger partial charge in [-0.2, -0.15) is 12.7 Å². The fraction of sp³-hybridized carbons (Fsp3) is 0.571. The number of benzene rings is 1. The third-order valence-electron chi connectivity index (χ3n) is 3.32. The fourth-order valence-electron chi connectivity index (χ4n) is 2.01. The van der Waals surface area contributed by atoms with Gasteiger partial charge in [0.05, 0.1) is 0 Å². The quantitative estimate of drug-likeness (QED) is 0.551. The number of nitrogens with zero attached hydrogens (tertiary/aromatic N) is 1. The van der Waals surface area contributed by atoms with E-state index in [4.69, 9.17) is 9.47 Å². The van der Waals surface area contributed by atoms with Gasteiger partial charge >= 0.3 is 0 Å². The van der Waals surface area contributed by atoms with Crippen molar-refractivity contribution in [1.29, 1.82) is 0 Å². The van der Waals surface area contributed by atoms with Crippen molar-refractivity contribution in [3.8, 4) is 0 Å². The molecule has 0 saturated heterocycles. The topological polar surface area (TPSA) is 67.9 Å². The molecule has 120 valence electrons. The molecule has 0 heterocycles. The molecule has 0 aliphatic rings. The normalized spacial score (nSPS) is 12.8. The van der Waals surface area contributed by atoms with Gasteiger partial charge in [-0.25, -0.2) is 4.72 Å². The molecule has 21 heavy (non-hydrogen) atoms. The molecule has 0 unspecified atom stereocenters. The fourth-order valence-corrected chi connectivity index (χ4v) is 2.67. The Bertz CT molecular complexity index is 513. The Labute approximate surface area is 127 Å². The summed E-state index contributed by atoms with van der Waals surface area (Å²) in [5.74, 6) is -0.856. The van der Waals surface area contributed by atoms with Crippen molar-refractivity contribution in [2.75, 3.05) is 34.9 Å². The molecule has 0 saturated carbocycles. The number of methoxy groups -OCH3 is 2. The summed E-state index contributed by atoms with van der Waals surface area (Å²) in [6.45, 7) is 0.321. The van der Waals surface area contributed by atoms with E-state index in [1.54, 1.807) is 14.2 Å². The number of ether oxygens (including phenoxy) is 2. The maximum Gasteiger partial charge on any atom is 0.278 e. The van der Waals surface area contributed by atoms with Crippen LogP contribution in [0.5, 0.6) is 0 Å². The van der Waals surface area contributed by atoms with Gasteiger partial charge in [0.15, 0.2) is 5.79 Å². The zero-order chi connectivity index (χ0) is 15.9. The largest absolute Gasteiger partial charge is 0.349 e. The second-order valence-corrected chi connectivity index (χ2v) is 6.78. The van der Waals surface area contributed by atoms with Crippen molar-refractivity contribution in [3.05, 3.63) is 35.9 Å². The van der Waals surface area contributed by atoms with Crippen LogP contribution < -0.4 is 4.72 Å². The molecular formula is C14H24N2O4S. The molecule has 0 bridgehead atoms. The lowest BCUT2D eigenvalue weighted by Gasteiger charge is -2.31. The molecule has 1 aromatic carbocycles. The highest BCUT2D eigenvalue weighted by molar-refractivity contribution is 7.87. The first-order chi connectivity index (χ1) is 9.88. The summed E-state index contributed by atoms with van der Waals surface area (Å²) in [4.78, 5) is 0. The Morgan fingerprint density at radius 1 is 1.14 bits per heavy atom. The standard InChI is InChI=1S/C14H24N2O4S/c1-16(2)21(17,18)15-12-8-11-14(19-3,20-4)13-9-6-5-7-10-13/h5-7,9-10,15H,8,11-12H2,1-4H3. The number of rotatable bonds is 9. The molecule has 0 aromatic heterocycles. The van der Waals surface area contributed by atoms with E-state index in [1.165, 1.54) is 14.1 Å². The summed E-state index contributed by atoms with van der Waals surface area (Å²) in [6.07, 6.45) is 1.13. The van der Waals surface area contributed by atoms with E-state index in [0.29, 0.717) is 19.4 Å². The Hall–Kier alpha value is -0.990. The summed E-state index contributed by atoms with van der Waals surface area (Å²) >= 11 is 0. The average Bonchev–Trinajstić information content (AvgIpc) is 2.49. The average molecular weight is 316 g/mol. The molecule has 7 heteroatoms. The lowest BCUT2D eigenvalue weighted by atomic mass is 10.0. The molecule has 0 aliphatic heterocycles. The van der Waals surface area contributed by atoms with Gasteiger partial charge in [0.1, 0.15) is 0 Å². The van der Waals surface area contributed by atoms with E-state index in [9.17, 15) is 8.42 Å². The lowest BCUT2D eigenvalue weighted by Crippen LogP contribution is -2.37. The van der Waals surface area contributed by atoms with Crippen LogP contribution in [0.2, 0.25) is 0 Å². The van der Waals surface area contributed by atoms with Crippen molar-refractivity contribution >= 4 is 10.2 Å². The van der Waals surface area contributed by atoms with E-state index >= 15 is 0 Å². The van der Waals surface area contributed by atoms with E-state index in [1.807, 2.05) is 30.3 Å². The van der Waals surface area contributed by atoms with Gasteiger partial charge in [0.2, 0.25) is 0 Å². The highest BCUT2D eigenvalue weighted by Gasteiger charge is 2.31. The molecule has 6 nitrogen and oxygen atoms in total. The van der Waals surface area contributed by atoms with Crippen LogP contribution in [0.25, 0.3) is 0 Å². The lowest BCUT2D eigenvalue weighted by molar-refractivity contribution is -0.220. The van der Waals surface area contributed by atoms with Crippen LogP contribution in [0.3, 0.4) is 0 Å². The van der Waals surface area contributed by atoms with E-state index in [-0.39, 0.29) is 0 Å². The molecule has 0 radical (unpaired) electrons. The third kappa shape index (κ3) is 4.76. The minimum Gasteiger partial charge on any atom is -0.349 e. The predicted octanol–water partition coefficient (Wildman–Crippen LogP) is 1.31. The minimum absolute atomic E-state index is 0.321. The van der Waals surface area contributed by atoms with E-state index < -0.39 is 16.0 Å². The molecule has 0 spiro atoms. The van der Waals surface area contributed by atoms with Crippen molar-refractivity contribution < 1.29 is 17.9 Å². The number of nitrogens with one attached hydrogen (secondary N) is 1. The van der Waals surface area contributed by atoms with Crippen LogP contribution in [0.15, 0.2) is 30.3 Å². The van der Waals surface area contributed by atoms with Crippen molar-refractivity contribution in [1.82, 2.24) is 9.03 Å². The second kappa shape index (κ2) is 7.86. The van der Waals surface area contributed by atoms with Crippen LogP contribution in [0.4, 0.5) is 0 Å². The summed E-state index contributed by atoms with van der Waals surface area (Å²) in [6, 6.07) is 9.60. The zero-order valence-corrected chi connectivity index (χ0v) is 13.8. The van der Waals surface area contributed by atoms with Crippen LogP contribution >= 0.6 is 0 Å². The highest BCUT2D eigenvalue weighted by atomic mass is 32.2.